The molecule has 7 heteroatoms. The summed E-state index contributed by atoms with van der Waals surface area (Å²) in [5, 5.41) is 2.82. The van der Waals surface area contributed by atoms with E-state index >= 15 is 0 Å². The van der Waals surface area contributed by atoms with Crippen LogP contribution in [0.15, 0.2) is 40.9 Å². The molecule has 27 heavy (non-hydrogen) atoms. The number of ether oxygens (including phenoxy) is 2. The Morgan fingerprint density at radius 3 is 2.63 bits per heavy atom. The second-order valence-electron chi connectivity index (χ2n) is 6.63. The van der Waals surface area contributed by atoms with Crippen LogP contribution < -0.4 is 5.32 Å². The van der Waals surface area contributed by atoms with Gasteiger partial charge in [-0.3, -0.25) is 4.79 Å². The van der Waals surface area contributed by atoms with Crippen molar-refractivity contribution < 1.29 is 23.5 Å². The number of aryl methyl sites for hydroxylation is 1. The number of rotatable bonds is 9. The van der Waals surface area contributed by atoms with E-state index in [2.05, 4.69) is 15.0 Å². The summed E-state index contributed by atoms with van der Waals surface area (Å²) in [6.07, 6.45) is 2.30. The summed E-state index contributed by atoms with van der Waals surface area (Å²) in [6.45, 7) is 4.28. The molecule has 0 saturated heterocycles. The molecule has 0 fully saturated rings. The van der Waals surface area contributed by atoms with Crippen LogP contribution in [0, 0.1) is 5.92 Å². The summed E-state index contributed by atoms with van der Waals surface area (Å²) in [5.74, 6) is 0.980. The van der Waals surface area contributed by atoms with Crippen molar-refractivity contribution in [1.29, 1.82) is 0 Å². The Bertz CT molecular complexity index is 727. The maximum atomic E-state index is 12.2. The lowest BCUT2D eigenvalue weighted by molar-refractivity contribution is -0.140. The van der Waals surface area contributed by atoms with Gasteiger partial charge in [0.15, 0.2) is 0 Å². The zero-order valence-corrected chi connectivity index (χ0v) is 15.9. The van der Waals surface area contributed by atoms with Gasteiger partial charge in [-0.05, 0) is 17.9 Å². The predicted molar refractivity (Wildman–Crippen MR) is 98.8 cm³/mol. The van der Waals surface area contributed by atoms with E-state index < -0.39 is 12.1 Å². The van der Waals surface area contributed by atoms with Crippen molar-refractivity contribution in [2.75, 3.05) is 7.11 Å². The Morgan fingerprint density at radius 2 is 1.96 bits per heavy atom. The van der Waals surface area contributed by atoms with E-state index in [0.717, 1.165) is 5.56 Å². The van der Waals surface area contributed by atoms with Crippen LogP contribution in [-0.2, 0) is 27.3 Å². The van der Waals surface area contributed by atoms with Crippen LogP contribution >= 0.6 is 0 Å². The summed E-state index contributed by atoms with van der Waals surface area (Å²) in [7, 11) is 1.35. The minimum atomic E-state index is -0.529. The molecular formula is C20H26N2O5. The summed E-state index contributed by atoms with van der Waals surface area (Å²) in [5.41, 5.74) is 0.911. The number of alkyl carbamates (subject to hydrolysis) is 1. The number of methoxy groups -OCH3 is 1. The molecule has 2 rings (SSSR count). The van der Waals surface area contributed by atoms with E-state index in [-0.39, 0.29) is 19.0 Å². The first-order valence-electron chi connectivity index (χ1n) is 8.96. The molecule has 0 aliphatic heterocycles. The lowest BCUT2D eigenvalue weighted by Gasteiger charge is -2.17. The zero-order chi connectivity index (χ0) is 19.6. The van der Waals surface area contributed by atoms with Gasteiger partial charge in [0.05, 0.1) is 19.7 Å². The van der Waals surface area contributed by atoms with Crippen LogP contribution in [0.3, 0.4) is 0 Å². The smallest absolute Gasteiger partial charge is 0.408 e. The van der Waals surface area contributed by atoms with Gasteiger partial charge in [0.2, 0.25) is 5.89 Å². The lowest BCUT2D eigenvalue weighted by Crippen LogP contribution is -2.30. The Morgan fingerprint density at radius 1 is 1.22 bits per heavy atom. The van der Waals surface area contributed by atoms with Crippen molar-refractivity contribution in [3.63, 3.8) is 0 Å². The largest absolute Gasteiger partial charge is 0.469 e. The number of aromatic nitrogens is 1. The summed E-state index contributed by atoms with van der Waals surface area (Å²) in [6, 6.07) is 9.06. The first-order valence-corrected chi connectivity index (χ1v) is 8.96. The van der Waals surface area contributed by atoms with E-state index in [1.54, 1.807) is 6.20 Å². The Kier molecular flexibility index (Phi) is 7.85. The fraction of sp³-hybridized carbons (Fsp3) is 0.450. The number of esters is 1. The molecule has 1 heterocycles. The third-order valence-corrected chi connectivity index (χ3v) is 3.88. The molecule has 0 saturated carbocycles. The highest BCUT2D eigenvalue weighted by molar-refractivity contribution is 5.69. The van der Waals surface area contributed by atoms with Gasteiger partial charge in [-0.25, -0.2) is 9.78 Å². The van der Waals surface area contributed by atoms with Crippen molar-refractivity contribution in [3.05, 3.63) is 53.7 Å². The van der Waals surface area contributed by atoms with Crippen LogP contribution in [0.5, 0.6) is 0 Å². The number of hydrogen-bond acceptors (Lipinski definition) is 6. The first kappa shape index (κ1) is 20.5. The number of nitrogens with zero attached hydrogens (tertiary/aromatic N) is 1. The van der Waals surface area contributed by atoms with Gasteiger partial charge in [0.25, 0.3) is 0 Å². The monoisotopic (exact) mass is 374 g/mol. The lowest BCUT2D eigenvalue weighted by atomic mass is 10.0. The molecule has 1 aromatic carbocycles. The molecule has 1 atom stereocenters. The molecule has 1 amide bonds. The van der Waals surface area contributed by atoms with E-state index in [0.29, 0.717) is 30.4 Å². The van der Waals surface area contributed by atoms with Gasteiger partial charge < -0.3 is 19.2 Å². The van der Waals surface area contributed by atoms with Gasteiger partial charge in [0, 0.05) is 6.42 Å². The highest BCUT2D eigenvalue weighted by atomic mass is 16.5. The molecular weight excluding hydrogens is 348 g/mol. The van der Waals surface area contributed by atoms with Gasteiger partial charge in [-0.1, -0.05) is 44.2 Å². The number of benzene rings is 1. The van der Waals surface area contributed by atoms with Crippen LogP contribution in [0.4, 0.5) is 4.79 Å². The minimum Gasteiger partial charge on any atom is -0.469 e. The number of carbonyl (C=O) groups excluding carboxylic acids is 2. The van der Waals surface area contributed by atoms with Gasteiger partial charge >= 0.3 is 12.1 Å². The predicted octanol–water partition coefficient (Wildman–Crippen LogP) is 3.79. The minimum absolute atomic E-state index is 0.192. The Labute approximate surface area is 159 Å². The molecule has 146 valence electrons. The quantitative estimate of drug-likeness (QED) is 0.672. The Hall–Kier alpha value is -2.83. The highest BCUT2D eigenvalue weighted by Crippen LogP contribution is 2.22. The second kappa shape index (κ2) is 10.4. The third-order valence-electron chi connectivity index (χ3n) is 3.88. The van der Waals surface area contributed by atoms with Gasteiger partial charge in [0.1, 0.15) is 18.4 Å². The first-order chi connectivity index (χ1) is 13.0. The van der Waals surface area contributed by atoms with E-state index in [1.807, 2.05) is 44.2 Å². The van der Waals surface area contributed by atoms with Gasteiger partial charge in [-0.2, -0.15) is 0 Å². The standard InChI is InChI=1S/C20H26N2O5/c1-14(2)11-17(19-21-12-16(27-19)9-10-18(23)25-3)22-20(24)26-13-15-7-5-4-6-8-15/h4-8,12,14,17H,9-11,13H2,1-3H3,(H,22,24). The van der Waals surface area contributed by atoms with Crippen LogP contribution in [0.2, 0.25) is 0 Å². The molecule has 1 N–H and O–H groups in total. The number of oxazole rings is 1. The third kappa shape index (κ3) is 7.13. The maximum Gasteiger partial charge on any atom is 0.408 e. The molecule has 2 aromatic rings. The van der Waals surface area contributed by atoms with E-state index in [1.165, 1.54) is 7.11 Å². The number of carbonyl (C=O) groups is 2. The average Bonchev–Trinajstić information content (AvgIpc) is 3.13. The van der Waals surface area contributed by atoms with Crippen LogP contribution in [0.25, 0.3) is 0 Å². The average molecular weight is 374 g/mol. The second-order valence-corrected chi connectivity index (χ2v) is 6.63. The van der Waals surface area contributed by atoms with Crippen molar-refractivity contribution in [1.82, 2.24) is 10.3 Å². The maximum absolute atomic E-state index is 12.2. The zero-order valence-electron chi connectivity index (χ0n) is 15.9. The fourth-order valence-electron chi connectivity index (χ4n) is 2.53. The number of nitrogens with one attached hydrogen (secondary N) is 1. The molecule has 0 spiro atoms. The summed E-state index contributed by atoms with van der Waals surface area (Å²) >= 11 is 0. The SMILES string of the molecule is COC(=O)CCc1cnc(C(CC(C)C)NC(=O)OCc2ccccc2)o1. The van der Waals surface area contributed by atoms with Crippen LogP contribution in [0.1, 0.15) is 49.9 Å². The molecule has 0 aliphatic rings. The van der Waals surface area contributed by atoms with E-state index in [9.17, 15) is 9.59 Å². The highest BCUT2D eigenvalue weighted by Gasteiger charge is 2.22. The van der Waals surface area contributed by atoms with E-state index in [4.69, 9.17) is 9.15 Å². The number of hydrogen-bond donors (Lipinski definition) is 1. The van der Waals surface area contributed by atoms with Crippen molar-refractivity contribution >= 4 is 12.1 Å². The summed E-state index contributed by atoms with van der Waals surface area (Å²) in [4.78, 5) is 27.7. The summed E-state index contributed by atoms with van der Waals surface area (Å²) < 4.78 is 15.6. The number of amides is 1. The Balaban J connectivity index is 1.94. The van der Waals surface area contributed by atoms with Crippen molar-refractivity contribution in [2.24, 2.45) is 5.92 Å². The van der Waals surface area contributed by atoms with Crippen LogP contribution in [-0.4, -0.2) is 24.2 Å². The molecule has 0 radical (unpaired) electrons. The molecule has 0 bridgehead atoms. The molecule has 1 unspecified atom stereocenters. The molecule has 1 aromatic heterocycles. The fourth-order valence-corrected chi connectivity index (χ4v) is 2.53. The normalized spacial score (nSPS) is 11.9. The molecule has 0 aliphatic carbocycles. The van der Waals surface area contributed by atoms with Crippen molar-refractivity contribution in [2.45, 2.75) is 45.8 Å². The molecule has 7 nitrogen and oxygen atoms in total. The van der Waals surface area contributed by atoms with Crippen molar-refractivity contribution in [3.8, 4) is 0 Å². The topological polar surface area (TPSA) is 90.7 Å². The van der Waals surface area contributed by atoms with Gasteiger partial charge in [-0.15, -0.1) is 0 Å².